The number of nitrogens with zero attached hydrogens (tertiary/aromatic N) is 1. The first-order valence-corrected chi connectivity index (χ1v) is 7.41. The number of hydrogen-bond donors (Lipinski definition) is 1. The Morgan fingerprint density at radius 3 is 2.50 bits per heavy atom. The summed E-state index contributed by atoms with van der Waals surface area (Å²) in [5.74, 6) is 0.749. The summed E-state index contributed by atoms with van der Waals surface area (Å²) in [7, 11) is 0. The van der Waals surface area contributed by atoms with Gasteiger partial charge >= 0.3 is 0 Å². The summed E-state index contributed by atoms with van der Waals surface area (Å²) in [6, 6.07) is 6.29. The van der Waals surface area contributed by atoms with Gasteiger partial charge in [0, 0.05) is 30.7 Å². The lowest BCUT2D eigenvalue weighted by atomic mass is 9.95. The minimum Gasteiger partial charge on any atom is -0.326 e. The molecule has 110 valence electrons. The number of amides is 1. The molecule has 0 saturated heterocycles. The largest absolute Gasteiger partial charge is 0.326 e. The van der Waals surface area contributed by atoms with Crippen molar-refractivity contribution < 1.29 is 4.79 Å². The number of anilines is 1. The van der Waals surface area contributed by atoms with Gasteiger partial charge in [-0.25, -0.2) is 0 Å². The number of carbonyl (C=O) groups is 1. The zero-order chi connectivity index (χ0) is 14.9. The van der Waals surface area contributed by atoms with Crippen LogP contribution in [0.2, 0.25) is 0 Å². The molecular weight excluding hydrogens is 248 g/mol. The molecule has 2 rings (SSSR count). The number of fused-ring (bicyclic) bond motifs is 1. The van der Waals surface area contributed by atoms with Crippen LogP contribution in [0.1, 0.15) is 45.7 Å². The molecule has 0 unspecified atom stereocenters. The van der Waals surface area contributed by atoms with E-state index in [1.807, 2.05) is 26.8 Å². The number of nitrogens with one attached hydrogen (secondary N) is 1. The molecule has 1 amide bonds. The van der Waals surface area contributed by atoms with Crippen LogP contribution in [-0.2, 0) is 17.9 Å². The third-order valence-electron chi connectivity index (χ3n) is 3.56. The maximum Gasteiger partial charge on any atom is 0.229 e. The van der Waals surface area contributed by atoms with Gasteiger partial charge in [0.1, 0.15) is 0 Å². The SMILES string of the molecule is CC(C)CN1Cc2ccc(NC(=O)C(C)(C)C)cc2C1. The summed E-state index contributed by atoms with van der Waals surface area (Å²) >= 11 is 0. The fraction of sp³-hybridized carbons (Fsp3) is 0.588. The molecule has 0 saturated carbocycles. The molecule has 0 fully saturated rings. The fourth-order valence-corrected chi connectivity index (χ4v) is 2.51. The minimum absolute atomic E-state index is 0.0643. The smallest absolute Gasteiger partial charge is 0.229 e. The van der Waals surface area contributed by atoms with Gasteiger partial charge in [-0.3, -0.25) is 9.69 Å². The van der Waals surface area contributed by atoms with Crippen molar-refractivity contribution in [3.63, 3.8) is 0 Å². The molecular formula is C17H26N2O. The summed E-state index contributed by atoms with van der Waals surface area (Å²) in [6.45, 7) is 13.4. The van der Waals surface area contributed by atoms with Crippen LogP contribution >= 0.6 is 0 Å². The van der Waals surface area contributed by atoms with E-state index in [0.717, 1.165) is 25.3 Å². The van der Waals surface area contributed by atoms with Crippen molar-refractivity contribution in [1.82, 2.24) is 4.90 Å². The van der Waals surface area contributed by atoms with Gasteiger partial charge in [0.2, 0.25) is 5.91 Å². The second kappa shape index (κ2) is 5.57. The fourth-order valence-electron chi connectivity index (χ4n) is 2.51. The maximum atomic E-state index is 12.0. The Morgan fingerprint density at radius 2 is 1.90 bits per heavy atom. The van der Waals surface area contributed by atoms with E-state index >= 15 is 0 Å². The zero-order valence-electron chi connectivity index (χ0n) is 13.3. The van der Waals surface area contributed by atoms with E-state index in [1.54, 1.807) is 0 Å². The zero-order valence-corrected chi connectivity index (χ0v) is 13.3. The highest BCUT2D eigenvalue weighted by molar-refractivity contribution is 5.94. The van der Waals surface area contributed by atoms with Crippen molar-refractivity contribution in [2.75, 3.05) is 11.9 Å². The van der Waals surface area contributed by atoms with Gasteiger partial charge in [0.25, 0.3) is 0 Å². The van der Waals surface area contributed by atoms with Crippen molar-refractivity contribution >= 4 is 11.6 Å². The number of hydrogen-bond acceptors (Lipinski definition) is 2. The van der Waals surface area contributed by atoms with Crippen LogP contribution in [0.5, 0.6) is 0 Å². The summed E-state index contributed by atoms with van der Waals surface area (Å²) in [4.78, 5) is 14.5. The van der Waals surface area contributed by atoms with Crippen molar-refractivity contribution in [3.05, 3.63) is 29.3 Å². The van der Waals surface area contributed by atoms with E-state index in [-0.39, 0.29) is 11.3 Å². The molecule has 1 aromatic carbocycles. The maximum absolute atomic E-state index is 12.0. The van der Waals surface area contributed by atoms with Crippen molar-refractivity contribution in [3.8, 4) is 0 Å². The standard InChI is InChI=1S/C17H26N2O/c1-12(2)9-19-10-13-6-7-15(8-14(13)11-19)18-16(20)17(3,4)5/h6-8,12H,9-11H2,1-5H3,(H,18,20). The lowest BCUT2D eigenvalue weighted by molar-refractivity contribution is -0.123. The Kier molecular flexibility index (Phi) is 4.19. The van der Waals surface area contributed by atoms with E-state index in [0.29, 0.717) is 5.92 Å². The van der Waals surface area contributed by atoms with Crippen LogP contribution in [0, 0.1) is 11.3 Å². The first-order valence-electron chi connectivity index (χ1n) is 7.41. The monoisotopic (exact) mass is 274 g/mol. The highest BCUT2D eigenvalue weighted by atomic mass is 16.2. The van der Waals surface area contributed by atoms with Crippen LogP contribution in [-0.4, -0.2) is 17.4 Å². The number of benzene rings is 1. The van der Waals surface area contributed by atoms with Gasteiger partial charge in [0.15, 0.2) is 0 Å². The van der Waals surface area contributed by atoms with Crippen molar-refractivity contribution in [1.29, 1.82) is 0 Å². The van der Waals surface area contributed by atoms with Crippen LogP contribution in [0.15, 0.2) is 18.2 Å². The molecule has 20 heavy (non-hydrogen) atoms. The Bertz CT molecular complexity index is 500. The summed E-state index contributed by atoms with van der Waals surface area (Å²) < 4.78 is 0. The van der Waals surface area contributed by atoms with E-state index in [1.165, 1.54) is 11.1 Å². The molecule has 0 aliphatic carbocycles. The van der Waals surface area contributed by atoms with Gasteiger partial charge < -0.3 is 5.32 Å². The van der Waals surface area contributed by atoms with E-state index in [9.17, 15) is 4.79 Å². The molecule has 0 spiro atoms. The summed E-state index contributed by atoms with van der Waals surface area (Å²) in [6.07, 6.45) is 0. The lowest BCUT2D eigenvalue weighted by Crippen LogP contribution is -2.27. The van der Waals surface area contributed by atoms with Gasteiger partial charge in [-0.1, -0.05) is 40.7 Å². The van der Waals surface area contributed by atoms with Gasteiger partial charge in [-0.05, 0) is 29.2 Å². The molecule has 1 aliphatic rings. The Hall–Kier alpha value is -1.35. The lowest BCUT2D eigenvalue weighted by Gasteiger charge is -2.18. The molecule has 0 atom stereocenters. The molecule has 0 radical (unpaired) electrons. The highest BCUT2D eigenvalue weighted by Gasteiger charge is 2.23. The Morgan fingerprint density at radius 1 is 1.25 bits per heavy atom. The van der Waals surface area contributed by atoms with Gasteiger partial charge in [-0.2, -0.15) is 0 Å². The van der Waals surface area contributed by atoms with Crippen LogP contribution < -0.4 is 5.32 Å². The molecule has 1 heterocycles. The molecule has 3 heteroatoms. The van der Waals surface area contributed by atoms with Crippen LogP contribution in [0.3, 0.4) is 0 Å². The predicted molar refractivity (Wildman–Crippen MR) is 83.5 cm³/mol. The molecule has 1 N–H and O–H groups in total. The predicted octanol–water partition coefficient (Wildman–Crippen LogP) is 3.64. The normalized spacial score (nSPS) is 15.5. The first kappa shape index (κ1) is 15.0. The quantitative estimate of drug-likeness (QED) is 0.912. The minimum atomic E-state index is -0.358. The second-order valence-corrected chi connectivity index (χ2v) is 7.25. The Balaban J connectivity index is 2.06. The first-order chi connectivity index (χ1) is 9.25. The van der Waals surface area contributed by atoms with E-state index < -0.39 is 0 Å². The molecule has 0 aromatic heterocycles. The Labute approximate surface area is 122 Å². The van der Waals surface area contributed by atoms with Crippen molar-refractivity contribution in [2.24, 2.45) is 11.3 Å². The molecule has 0 bridgehead atoms. The van der Waals surface area contributed by atoms with Crippen LogP contribution in [0.4, 0.5) is 5.69 Å². The van der Waals surface area contributed by atoms with Crippen molar-refractivity contribution in [2.45, 2.75) is 47.7 Å². The summed E-state index contributed by atoms with van der Waals surface area (Å²) in [5, 5.41) is 3.01. The topological polar surface area (TPSA) is 32.3 Å². The number of carbonyl (C=O) groups excluding carboxylic acids is 1. The van der Waals surface area contributed by atoms with E-state index in [4.69, 9.17) is 0 Å². The average Bonchev–Trinajstić information content (AvgIpc) is 2.67. The average molecular weight is 274 g/mol. The third kappa shape index (κ3) is 3.60. The molecule has 1 aliphatic heterocycles. The van der Waals surface area contributed by atoms with Crippen LogP contribution in [0.25, 0.3) is 0 Å². The second-order valence-electron chi connectivity index (χ2n) is 7.25. The highest BCUT2D eigenvalue weighted by Crippen LogP contribution is 2.27. The van der Waals surface area contributed by atoms with E-state index in [2.05, 4.69) is 36.2 Å². The summed E-state index contributed by atoms with van der Waals surface area (Å²) in [5.41, 5.74) is 3.29. The number of rotatable bonds is 3. The molecule has 3 nitrogen and oxygen atoms in total. The van der Waals surface area contributed by atoms with Gasteiger partial charge in [0.05, 0.1) is 0 Å². The van der Waals surface area contributed by atoms with Gasteiger partial charge in [-0.15, -0.1) is 0 Å². The molecule has 1 aromatic rings. The third-order valence-corrected chi connectivity index (χ3v) is 3.56.